The van der Waals surface area contributed by atoms with Gasteiger partial charge in [0, 0.05) is 13.1 Å². The Morgan fingerprint density at radius 3 is 2.41 bits per heavy atom. The number of hydrogen-bond donors (Lipinski definition) is 1. The summed E-state index contributed by atoms with van der Waals surface area (Å²) < 4.78 is 1.72. The maximum Gasteiger partial charge on any atom is 0.328 e. The number of para-hydroxylation sites is 1. The average Bonchev–Trinajstić information content (AvgIpc) is 2.70. The van der Waals surface area contributed by atoms with Crippen LogP contribution < -0.4 is 11.2 Å². The summed E-state index contributed by atoms with van der Waals surface area (Å²) in [5.74, 6) is 0.620. The third-order valence-corrected chi connectivity index (χ3v) is 5.62. The van der Waals surface area contributed by atoms with E-state index in [2.05, 4.69) is 40.2 Å². The van der Waals surface area contributed by atoms with Crippen LogP contribution in [0, 0.1) is 5.92 Å². The Hall–Kier alpha value is -2.66. The van der Waals surface area contributed by atoms with Gasteiger partial charge in [0.25, 0.3) is 5.56 Å². The van der Waals surface area contributed by atoms with Gasteiger partial charge in [0.15, 0.2) is 0 Å². The Bertz CT molecular complexity index is 1010. The molecule has 5 heteroatoms. The minimum Gasteiger partial charge on any atom is -0.299 e. The molecule has 4 rings (SSSR count). The highest BCUT2D eigenvalue weighted by atomic mass is 16.2. The fourth-order valence-corrected chi connectivity index (χ4v) is 4.05. The second-order valence-electron chi connectivity index (χ2n) is 7.42. The van der Waals surface area contributed by atoms with Gasteiger partial charge in [-0.3, -0.25) is 19.2 Å². The molecule has 0 aliphatic carbocycles. The van der Waals surface area contributed by atoms with Crippen molar-refractivity contribution >= 4 is 10.9 Å². The molecule has 1 aliphatic heterocycles. The van der Waals surface area contributed by atoms with Gasteiger partial charge in [0.1, 0.15) is 0 Å². The quantitative estimate of drug-likeness (QED) is 0.758. The Kier molecular flexibility index (Phi) is 5.21. The SMILES string of the molecule is O=c1[nH]c(=O)n(CCC2CCN(Cc3ccccc3)CC2)c2ccccc12. The topological polar surface area (TPSA) is 58.1 Å². The van der Waals surface area contributed by atoms with E-state index in [4.69, 9.17) is 0 Å². The molecule has 0 unspecified atom stereocenters. The lowest BCUT2D eigenvalue weighted by atomic mass is 9.93. The Morgan fingerprint density at radius 2 is 1.63 bits per heavy atom. The molecule has 1 aromatic heterocycles. The van der Waals surface area contributed by atoms with Crippen LogP contribution in [0.5, 0.6) is 0 Å². The van der Waals surface area contributed by atoms with Crippen molar-refractivity contribution in [3.8, 4) is 0 Å². The third kappa shape index (κ3) is 4.03. The van der Waals surface area contributed by atoms with Crippen molar-refractivity contribution in [1.29, 1.82) is 0 Å². The number of aromatic amines is 1. The number of H-pyrrole nitrogens is 1. The van der Waals surface area contributed by atoms with Gasteiger partial charge >= 0.3 is 5.69 Å². The number of benzene rings is 2. The predicted octanol–water partition coefficient (Wildman–Crippen LogP) is 2.99. The molecule has 0 amide bonds. The molecular formula is C22H25N3O2. The van der Waals surface area contributed by atoms with Crippen molar-refractivity contribution < 1.29 is 0 Å². The Morgan fingerprint density at radius 1 is 0.926 bits per heavy atom. The summed E-state index contributed by atoms with van der Waals surface area (Å²) in [5, 5.41) is 0.579. The van der Waals surface area contributed by atoms with Crippen LogP contribution in [0.1, 0.15) is 24.8 Å². The predicted molar refractivity (Wildman–Crippen MR) is 108 cm³/mol. The molecule has 1 saturated heterocycles. The summed E-state index contributed by atoms with van der Waals surface area (Å²) in [6, 6.07) is 17.9. The van der Waals surface area contributed by atoms with Crippen molar-refractivity contribution in [2.24, 2.45) is 5.92 Å². The van der Waals surface area contributed by atoms with Gasteiger partial charge in [0.05, 0.1) is 10.9 Å². The zero-order valence-corrected chi connectivity index (χ0v) is 15.4. The van der Waals surface area contributed by atoms with E-state index in [1.807, 2.05) is 18.2 Å². The van der Waals surface area contributed by atoms with E-state index in [1.54, 1.807) is 10.6 Å². The molecular weight excluding hydrogens is 338 g/mol. The van der Waals surface area contributed by atoms with E-state index in [1.165, 1.54) is 5.56 Å². The van der Waals surface area contributed by atoms with Crippen molar-refractivity contribution in [2.75, 3.05) is 13.1 Å². The molecule has 2 aromatic carbocycles. The molecule has 1 N–H and O–H groups in total. The van der Waals surface area contributed by atoms with Crippen molar-refractivity contribution in [3.05, 3.63) is 81.0 Å². The van der Waals surface area contributed by atoms with Crippen LogP contribution in [0.2, 0.25) is 0 Å². The molecule has 140 valence electrons. The first-order valence-corrected chi connectivity index (χ1v) is 9.69. The van der Waals surface area contributed by atoms with Crippen LogP contribution in [-0.2, 0) is 13.1 Å². The number of fused-ring (bicyclic) bond motifs is 1. The minimum absolute atomic E-state index is 0.305. The number of likely N-dealkylation sites (tertiary alicyclic amines) is 1. The largest absolute Gasteiger partial charge is 0.328 e. The van der Waals surface area contributed by atoms with Gasteiger partial charge in [-0.15, -0.1) is 0 Å². The van der Waals surface area contributed by atoms with Crippen LogP contribution in [0.3, 0.4) is 0 Å². The van der Waals surface area contributed by atoms with E-state index >= 15 is 0 Å². The molecule has 3 aromatic rings. The van der Waals surface area contributed by atoms with Crippen molar-refractivity contribution in [2.45, 2.75) is 32.4 Å². The summed E-state index contributed by atoms with van der Waals surface area (Å²) in [7, 11) is 0. The van der Waals surface area contributed by atoms with Crippen molar-refractivity contribution in [3.63, 3.8) is 0 Å². The fourth-order valence-electron chi connectivity index (χ4n) is 4.05. The summed E-state index contributed by atoms with van der Waals surface area (Å²) in [6.07, 6.45) is 3.28. The van der Waals surface area contributed by atoms with Crippen LogP contribution >= 0.6 is 0 Å². The molecule has 0 bridgehead atoms. The number of rotatable bonds is 5. The molecule has 1 aliphatic rings. The first-order chi connectivity index (χ1) is 13.2. The highest BCUT2D eigenvalue weighted by Gasteiger charge is 2.19. The number of nitrogens with one attached hydrogen (secondary N) is 1. The maximum absolute atomic E-state index is 12.3. The van der Waals surface area contributed by atoms with Crippen LogP contribution in [0.25, 0.3) is 10.9 Å². The second kappa shape index (κ2) is 7.92. The summed E-state index contributed by atoms with van der Waals surface area (Å²) in [5.41, 5.74) is 1.48. The molecule has 0 spiro atoms. The molecule has 5 nitrogen and oxygen atoms in total. The van der Waals surface area contributed by atoms with E-state index in [0.29, 0.717) is 17.8 Å². The summed E-state index contributed by atoms with van der Waals surface area (Å²) in [6.45, 7) is 3.86. The van der Waals surface area contributed by atoms with Gasteiger partial charge in [0.2, 0.25) is 0 Å². The smallest absolute Gasteiger partial charge is 0.299 e. The number of aromatic nitrogens is 2. The normalized spacial score (nSPS) is 16.0. The molecule has 0 atom stereocenters. The molecule has 0 saturated carbocycles. The first-order valence-electron chi connectivity index (χ1n) is 9.69. The standard InChI is InChI=1S/C22H25N3O2/c26-21-19-8-4-5-9-20(19)25(22(27)23-21)15-12-17-10-13-24(14-11-17)16-18-6-2-1-3-7-18/h1-9,17H,10-16H2,(H,23,26,27). The molecule has 1 fully saturated rings. The van der Waals surface area contributed by atoms with Crippen LogP contribution in [0.15, 0.2) is 64.2 Å². The van der Waals surface area contributed by atoms with E-state index in [0.717, 1.165) is 44.4 Å². The lowest BCUT2D eigenvalue weighted by Crippen LogP contribution is -2.35. The van der Waals surface area contributed by atoms with Crippen LogP contribution in [-0.4, -0.2) is 27.5 Å². The van der Waals surface area contributed by atoms with Gasteiger partial charge in [-0.25, -0.2) is 4.79 Å². The highest BCUT2D eigenvalue weighted by Crippen LogP contribution is 2.22. The van der Waals surface area contributed by atoms with E-state index in [9.17, 15) is 9.59 Å². The van der Waals surface area contributed by atoms with Gasteiger partial charge in [-0.05, 0) is 56.0 Å². The fraction of sp³-hybridized carbons (Fsp3) is 0.364. The zero-order valence-electron chi connectivity index (χ0n) is 15.4. The Balaban J connectivity index is 1.38. The summed E-state index contributed by atoms with van der Waals surface area (Å²) in [4.78, 5) is 29.2. The molecule has 27 heavy (non-hydrogen) atoms. The maximum atomic E-state index is 12.3. The number of hydrogen-bond acceptors (Lipinski definition) is 3. The number of aryl methyl sites for hydroxylation is 1. The van der Waals surface area contributed by atoms with Gasteiger partial charge in [-0.2, -0.15) is 0 Å². The average molecular weight is 363 g/mol. The molecule has 0 radical (unpaired) electrons. The van der Waals surface area contributed by atoms with Gasteiger partial charge < -0.3 is 0 Å². The third-order valence-electron chi connectivity index (χ3n) is 5.62. The molecule has 2 heterocycles. The number of piperidine rings is 1. The lowest BCUT2D eigenvalue weighted by molar-refractivity contribution is 0.169. The van der Waals surface area contributed by atoms with Crippen molar-refractivity contribution in [1.82, 2.24) is 14.5 Å². The highest BCUT2D eigenvalue weighted by molar-refractivity contribution is 5.77. The van der Waals surface area contributed by atoms with E-state index in [-0.39, 0.29) is 11.2 Å². The lowest BCUT2D eigenvalue weighted by Gasteiger charge is -2.32. The Labute approximate surface area is 158 Å². The van der Waals surface area contributed by atoms with Gasteiger partial charge in [-0.1, -0.05) is 42.5 Å². The van der Waals surface area contributed by atoms with E-state index < -0.39 is 0 Å². The monoisotopic (exact) mass is 363 g/mol. The minimum atomic E-state index is -0.305. The first kappa shape index (κ1) is 17.7. The van der Waals surface area contributed by atoms with Crippen LogP contribution in [0.4, 0.5) is 0 Å². The zero-order chi connectivity index (χ0) is 18.6. The number of nitrogens with zero attached hydrogens (tertiary/aromatic N) is 2. The summed E-state index contributed by atoms with van der Waals surface area (Å²) >= 11 is 0. The second-order valence-corrected chi connectivity index (χ2v) is 7.42.